The second-order valence-electron chi connectivity index (χ2n) is 3.07. The molecule has 5 nitrogen and oxygen atoms in total. The average Bonchev–Trinajstić information content (AvgIpc) is 2.56. The molecule has 0 spiro atoms. The molecule has 0 fully saturated rings. The Hall–Kier alpha value is -1.91. The monoisotopic (exact) mass is 189 g/mol. The SMILES string of the molecule is Cc1cccnc1Cn1ncc(N)n1. The van der Waals surface area contributed by atoms with Gasteiger partial charge in [0.1, 0.15) is 6.54 Å². The van der Waals surface area contributed by atoms with E-state index in [0.717, 1.165) is 11.3 Å². The summed E-state index contributed by atoms with van der Waals surface area (Å²) in [6.45, 7) is 2.57. The van der Waals surface area contributed by atoms with Crippen LogP contribution in [0.25, 0.3) is 0 Å². The van der Waals surface area contributed by atoms with E-state index < -0.39 is 0 Å². The molecule has 2 aromatic rings. The van der Waals surface area contributed by atoms with Crippen LogP contribution in [0.15, 0.2) is 24.5 Å². The predicted octanol–water partition coefficient (Wildman–Crippen LogP) is 0.612. The van der Waals surface area contributed by atoms with Crippen LogP contribution in [0, 0.1) is 6.92 Å². The zero-order chi connectivity index (χ0) is 9.97. The van der Waals surface area contributed by atoms with Crippen molar-refractivity contribution in [3.63, 3.8) is 0 Å². The summed E-state index contributed by atoms with van der Waals surface area (Å²) in [6, 6.07) is 3.92. The molecule has 0 atom stereocenters. The predicted molar refractivity (Wildman–Crippen MR) is 52.5 cm³/mol. The molecule has 0 aliphatic carbocycles. The van der Waals surface area contributed by atoms with E-state index in [-0.39, 0.29) is 0 Å². The van der Waals surface area contributed by atoms with Crippen LogP contribution >= 0.6 is 0 Å². The number of aromatic nitrogens is 4. The van der Waals surface area contributed by atoms with Crippen LogP contribution in [0.3, 0.4) is 0 Å². The average molecular weight is 189 g/mol. The number of rotatable bonds is 2. The molecule has 2 N–H and O–H groups in total. The number of pyridine rings is 1. The minimum Gasteiger partial charge on any atom is -0.381 e. The first kappa shape index (κ1) is 8.68. The van der Waals surface area contributed by atoms with Crippen molar-refractivity contribution in [1.82, 2.24) is 20.0 Å². The third kappa shape index (κ3) is 1.71. The van der Waals surface area contributed by atoms with Gasteiger partial charge >= 0.3 is 0 Å². The van der Waals surface area contributed by atoms with Crippen molar-refractivity contribution in [3.8, 4) is 0 Å². The fourth-order valence-electron chi connectivity index (χ4n) is 1.20. The summed E-state index contributed by atoms with van der Waals surface area (Å²) in [5.41, 5.74) is 7.54. The number of hydrogen-bond acceptors (Lipinski definition) is 4. The summed E-state index contributed by atoms with van der Waals surface area (Å²) in [5.74, 6) is 0.429. The number of nitrogen functional groups attached to an aromatic ring is 1. The van der Waals surface area contributed by atoms with Gasteiger partial charge in [-0.15, -0.1) is 5.10 Å². The van der Waals surface area contributed by atoms with Crippen LogP contribution in [0.1, 0.15) is 11.3 Å². The highest BCUT2D eigenvalue weighted by molar-refractivity contribution is 5.21. The number of aryl methyl sites for hydroxylation is 1. The van der Waals surface area contributed by atoms with Gasteiger partial charge in [-0.25, -0.2) is 0 Å². The van der Waals surface area contributed by atoms with E-state index in [1.165, 1.54) is 11.0 Å². The van der Waals surface area contributed by atoms with Gasteiger partial charge in [0, 0.05) is 6.20 Å². The van der Waals surface area contributed by atoms with E-state index in [0.29, 0.717) is 12.4 Å². The number of nitrogens with two attached hydrogens (primary N) is 1. The Morgan fingerprint density at radius 1 is 1.50 bits per heavy atom. The van der Waals surface area contributed by atoms with Crippen molar-refractivity contribution in [1.29, 1.82) is 0 Å². The Morgan fingerprint density at radius 3 is 3.00 bits per heavy atom. The van der Waals surface area contributed by atoms with Crippen LogP contribution in [-0.4, -0.2) is 20.0 Å². The first-order valence-corrected chi connectivity index (χ1v) is 4.32. The Bertz CT molecular complexity index is 434. The molecule has 0 saturated carbocycles. The summed E-state index contributed by atoms with van der Waals surface area (Å²) >= 11 is 0. The number of hydrogen-bond donors (Lipinski definition) is 1. The highest BCUT2D eigenvalue weighted by Gasteiger charge is 2.01. The molecular weight excluding hydrogens is 178 g/mol. The summed E-state index contributed by atoms with van der Waals surface area (Å²) < 4.78 is 0. The second kappa shape index (κ2) is 3.45. The van der Waals surface area contributed by atoms with Crippen molar-refractivity contribution in [2.75, 3.05) is 5.73 Å². The Labute approximate surface area is 81.6 Å². The van der Waals surface area contributed by atoms with Crippen LogP contribution < -0.4 is 5.73 Å². The van der Waals surface area contributed by atoms with Gasteiger partial charge in [0.05, 0.1) is 11.9 Å². The van der Waals surface area contributed by atoms with Crippen molar-refractivity contribution >= 4 is 5.82 Å². The Kier molecular flexibility index (Phi) is 2.14. The summed E-state index contributed by atoms with van der Waals surface area (Å²) in [7, 11) is 0. The van der Waals surface area contributed by atoms with Gasteiger partial charge in [-0.2, -0.15) is 9.90 Å². The maximum absolute atomic E-state index is 5.46. The molecule has 2 heterocycles. The van der Waals surface area contributed by atoms with E-state index in [1.807, 2.05) is 19.1 Å². The van der Waals surface area contributed by atoms with E-state index in [9.17, 15) is 0 Å². The standard InChI is InChI=1S/C9H11N5/c1-7-3-2-4-11-8(7)6-14-12-5-9(10)13-14/h2-5H,6H2,1H3,(H2,10,13). The zero-order valence-corrected chi connectivity index (χ0v) is 7.88. The minimum absolute atomic E-state index is 0.429. The first-order chi connectivity index (χ1) is 6.75. The molecule has 0 bridgehead atoms. The Morgan fingerprint density at radius 2 is 2.36 bits per heavy atom. The van der Waals surface area contributed by atoms with Crippen molar-refractivity contribution in [2.24, 2.45) is 0 Å². The van der Waals surface area contributed by atoms with E-state index >= 15 is 0 Å². The highest BCUT2D eigenvalue weighted by atomic mass is 15.5. The lowest BCUT2D eigenvalue weighted by Gasteiger charge is -2.02. The lowest BCUT2D eigenvalue weighted by atomic mass is 10.2. The maximum Gasteiger partial charge on any atom is 0.165 e. The van der Waals surface area contributed by atoms with Crippen LogP contribution in [0.2, 0.25) is 0 Å². The Balaban J connectivity index is 2.23. The number of nitrogens with zero attached hydrogens (tertiary/aromatic N) is 4. The molecule has 0 aliphatic rings. The highest BCUT2D eigenvalue weighted by Crippen LogP contribution is 2.04. The van der Waals surface area contributed by atoms with Crippen molar-refractivity contribution < 1.29 is 0 Å². The summed E-state index contributed by atoms with van der Waals surface area (Å²) in [5, 5.41) is 7.98. The molecule has 0 saturated heterocycles. The van der Waals surface area contributed by atoms with E-state index in [4.69, 9.17) is 5.73 Å². The van der Waals surface area contributed by atoms with Gasteiger partial charge < -0.3 is 5.73 Å². The molecule has 0 radical (unpaired) electrons. The zero-order valence-electron chi connectivity index (χ0n) is 7.88. The first-order valence-electron chi connectivity index (χ1n) is 4.32. The lowest BCUT2D eigenvalue weighted by Crippen LogP contribution is -2.07. The van der Waals surface area contributed by atoms with Gasteiger partial charge in [0.15, 0.2) is 5.82 Å². The third-order valence-corrected chi connectivity index (χ3v) is 1.96. The van der Waals surface area contributed by atoms with Gasteiger partial charge in [-0.3, -0.25) is 4.98 Å². The van der Waals surface area contributed by atoms with Crippen molar-refractivity contribution in [3.05, 3.63) is 35.8 Å². The molecule has 14 heavy (non-hydrogen) atoms. The fraction of sp³-hybridized carbons (Fsp3) is 0.222. The van der Waals surface area contributed by atoms with Gasteiger partial charge in [0.25, 0.3) is 0 Å². The molecule has 0 unspecified atom stereocenters. The van der Waals surface area contributed by atoms with Crippen LogP contribution in [-0.2, 0) is 6.54 Å². The number of anilines is 1. The normalized spacial score (nSPS) is 10.4. The van der Waals surface area contributed by atoms with Crippen LogP contribution in [0.5, 0.6) is 0 Å². The molecule has 0 amide bonds. The summed E-state index contributed by atoms with van der Waals surface area (Å²) in [4.78, 5) is 5.77. The molecule has 5 heteroatoms. The quantitative estimate of drug-likeness (QED) is 0.751. The third-order valence-electron chi connectivity index (χ3n) is 1.96. The summed E-state index contributed by atoms with van der Waals surface area (Å²) in [6.07, 6.45) is 3.29. The largest absolute Gasteiger partial charge is 0.381 e. The fourth-order valence-corrected chi connectivity index (χ4v) is 1.20. The topological polar surface area (TPSA) is 69.6 Å². The molecule has 0 aromatic carbocycles. The van der Waals surface area contributed by atoms with Crippen LogP contribution in [0.4, 0.5) is 5.82 Å². The van der Waals surface area contributed by atoms with Gasteiger partial charge in [0.2, 0.25) is 0 Å². The van der Waals surface area contributed by atoms with E-state index in [2.05, 4.69) is 15.2 Å². The van der Waals surface area contributed by atoms with E-state index in [1.54, 1.807) is 6.20 Å². The molecule has 2 aromatic heterocycles. The molecule has 72 valence electrons. The maximum atomic E-state index is 5.46. The second-order valence-corrected chi connectivity index (χ2v) is 3.07. The van der Waals surface area contributed by atoms with Gasteiger partial charge in [-0.1, -0.05) is 6.07 Å². The molecule has 2 rings (SSSR count). The molecular formula is C9H11N5. The smallest absolute Gasteiger partial charge is 0.165 e. The lowest BCUT2D eigenvalue weighted by molar-refractivity contribution is 0.581. The van der Waals surface area contributed by atoms with Gasteiger partial charge in [-0.05, 0) is 18.6 Å². The molecule has 0 aliphatic heterocycles. The van der Waals surface area contributed by atoms with Crippen molar-refractivity contribution in [2.45, 2.75) is 13.5 Å². The minimum atomic E-state index is 0.429.